The number of benzene rings is 1. The third-order valence-electron chi connectivity index (χ3n) is 4.73. The third-order valence-corrected chi connectivity index (χ3v) is 4.73. The molecule has 28 heavy (non-hydrogen) atoms. The molecule has 7 nitrogen and oxygen atoms in total. The Morgan fingerprint density at radius 1 is 1.25 bits per heavy atom. The molecule has 0 atom stereocenters. The Morgan fingerprint density at radius 3 is 2.68 bits per heavy atom. The van der Waals surface area contributed by atoms with Gasteiger partial charge in [-0.05, 0) is 43.9 Å². The number of carbonyl (C=O) groups is 1. The number of hydrazine groups is 1. The first kappa shape index (κ1) is 20.0. The van der Waals surface area contributed by atoms with Gasteiger partial charge in [0.15, 0.2) is 11.6 Å². The minimum atomic E-state index is -0.00545. The summed E-state index contributed by atoms with van der Waals surface area (Å²) in [4.78, 5) is 21.4. The van der Waals surface area contributed by atoms with Crippen LogP contribution < -0.4 is 16.2 Å². The fraction of sp³-hybridized carbons (Fsp3) is 0.381. The van der Waals surface area contributed by atoms with Crippen molar-refractivity contribution in [1.82, 2.24) is 15.4 Å². The Balaban J connectivity index is 1.93. The maximum atomic E-state index is 12.3. The van der Waals surface area contributed by atoms with Crippen LogP contribution >= 0.6 is 0 Å². The average molecular weight is 381 g/mol. The lowest BCUT2D eigenvalue weighted by Crippen LogP contribution is -2.29. The summed E-state index contributed by atoms with van der Waals surface area (Å²) in [5.41, 5.74) is 9.27. The van der Waals surface area contributed by atoms with Crippen LogP contribution in [-0.2, 0) is 9.53 Å². The summed E-state index contributed by atoms with van der Waals surface area (Å²) in [6, 6.07) is 8.15. The van der Waals surface area contributed by atoms with Gasteiger partial charge in [0.25, 0.3) is 0 Å². The molecule has 2 aromatic rings. The molecule has 3 rings (SSSR count). The molecule has 1 fully saturated rings. The normalized spacial score (nSPS) is 15.3. The van der Waals surface area contributed by atoms with Crippen LogP contribution in [0.4, 0.5) is 11.8 Å². The van der Waals surface area contributed by atoms with Crippen molar-refractivity contribution in [3.05, 3.63) is 47.2 Å². The lowest BCUT2D eigenvalue weighted by Gasteiger charge is -2.23. The molecule has 0 saturated carbocycles. The Labute approximate surface area is 165 Å². The van der Waals surface area contributed by atoms with Crippen molar-refractivity contribution in [3.8, 4) is 0 Å². The lowest BCUT2D eigenvalue weighted by molar-refractivity contribution is -0.111. The highest BCUT2D eigenvalue weighted by atomic mass is 16.5. The molecule has 0 aliphatic carbocycles. The van der Waals surface area contributed by atoms with Crippen molar-refractivity contribution in [2.45, 2.75) is 32.7 Å². The van der Waals surface area contributed by atoms with Crippen LogP contribution in [0.3, 0.4) is 0 Å². The minimum absolute atomic E-state index is 0.00545. The Bertz CT molecular complexity index is 860. The van der Waals surface area contributed by atoms with Crippen molar-refractivity contribution in [1.29, 1.82) is 0 Å². The first-order valence-electron chi connectivity index (χ1n) is 9.51. The van der Waals surface area contributed by atoms with Gasteiger partial charge < -0.3 is 15.5 Å². The summed E-state index contributed by atoms with van der Waals surface area (Å²) >= 11 is 0. The molecule has 1 aromatic carbocycles. The summed E-state index contributed by atoms with van der Waals surface area (Å²) in [6.07, 6.45) is 5.43. The maximum absolute atomic E-state index is 12.3. The van der Waals surface area contributed by atoms with Crippen molar-refractivity contribution in [2.75, 3.05) is 31.0 Å². The monoisotopic (exact) mass is 381 g/mol. The van der Waals surface area contributed by atoms with E-state index >= 15 is 0 Å². The van der Waals surface area contributed by atoms with Gasteiger partial charge in [0.1, 0.15) is 0 Å². The SMILES string of the molecule is CNNc1nc(NC2CCOCC2)ncc1/C=C(\C(C)=O)c1ccccc1C. The van der Waals surface area contributed by atoms with E-state index in [4.69, 9.17) is 4.74 Å². The summed E-state index contributed by atoms with van der Waals surface area (Å²) in [5, 5.41) is 3.37. The number of Topliss-reactive ketones (excluding diaryl/α,β-unsaturated/α-hetero) is 1. The molecular formula is C21H27N5O2. The maximum Gasteiger partial charge on any atom is 0.224 e. The quantitative estimate of drug-likeness (QED) is 0.502. The van der Waals surface area contributed by atoms with E-state index in [-0.39, 0.29) is 5.78 Å². The smallest absolute Gasteiger partial charge is 0.224 e. The van der Waals surface area contributed by atoms with E-state index in [1.165, 1.54) is 0 Å². The Kier molecular flexibility index (Phi) is 6.73. The second-order valence-electron chi connectivity index (χ2n) is 6.83. The van der Waals surface area contributed by atoms with Gasteiger partial charge in [0.2, 0.25) is 5.95 Å². The molecule has 7 heteroatoms. The van der Waals surface area contributed by atoms with Gasteiger partial charge in [-0.3, -0.25) is 4.79 Å². The van der Waals surface area contributed by atoms with Crippen LogP contribution in [0, 0.1) is 6.92 Å². The number of carbonyl (C=O) groups excluding carboxylic acids is 1. The second-order valence-corrected chi connectivity index (χ2v) is 6.83. The molecule has 0 spiro atoms. The number of ketones is 1. The molecule has 0 radical (unpaired) electrons. The molecular weight excluding hydrogens is 354 g/mol. The molecule has 3 N–H and O–H groups in total. The zero-order valence-electron chi connectivity index (χ0n) is 16.6. The summed E-state index contributed by atoms with van der Waals surface area (Å²) in [6.45, 7) is 5.07. The van der Waals surface area contributed by atoms with Gasteiger partial charge >= 0.3 is 0 Å². The fourth-order valence-electron chi connectivity index (χ4n) is 3.21. The largest absolute Gasteiger partial charge is 0.381 e. The van der Waals surface area contributed by atoms with Crippen LogP contribution in [0.25, 0.3) is 11.6 Å². The van der Waals surface area contributed by atoms with Crippen LogP contribution in [0.5, 0.6) is 0 Å². The molecule has 1 aromatic heterocycles. The standard InChI is InChI=1S/C21H27N5O2/c1-14-6-4-5-7-18(14)19(15(2)27)12-16-13-23-21(25-20(16)26-22-3)24-17-8-10-28-11-9-17/h4-7,12-13,17,22H,8-11H2,1-3H3,(H2,23,24,25,26)/b19-12+. The number of allylic oxidation sites excluding steroid dienone is 1. The van der Waals surface area contributed by atoms with E-state index in [9.17, 15) is 4.79 Å². The summed E-state index contributed by atoms with van der Waals surface area (Å²) in [7, 11) is 1.77. The highest BCUT2D eigenvalue weighted by molar-refractivity contribution is 6.24. The van der Waals surface area contributed by atoms with E-state index < -0.39 is 0 Å². The predicted octanol–water partition coefficient (Wildman–Crippen LogP) is 3.05. The first-order chi connectivity index (χ1) is 13.6. The fourth-order valence-corrected chi connectivity index (χ4v) is 3.21. The van der Waals surface area contributed by atoms with E-state index in [1.807, 2.05) is 37.3 Å². The van der Waals surface area contributed by atoms with Crippen molar-refractivity contribution in [2.24, 2.45) is 0 Å². The molecule has 1 aliphatic rings. The zero-order valence-corrected chi connectivity index (χ0v) is 16.6. The van der Waals surface area contributed by atoms with E-state index in [0.717, 1.165) is 42.7 Å². The van der Waals surface area contributed by atoms with Gasteiger partial charge in [0, 0.05) is 43.6 Å². The molecule has 0 bridgehead atoms. The first-order valence-corrected chi connectivity index (χ1v) is 9.51. The number of aryl methyl sites for hydroxylation is 1. The number of rotatable bonds is 7. The number of anilines is 2. The highest BCUT2D eigenvalue weighted by Crippen LogP contribution is 2.25. The third kappa shape index (κ3) is 4.94. The van der Waals surface area contributed by atoms with Gasteiger partial charge in [0.05, 0.1) is 0 Å². The van der Waals surface area contributed by atoms with Crippen molar-refractivity contribution < 1.29 is 9.53 Å². The average Bonchev–Trinajstić information content (AvgIpc) is 2.69. The number of hydrogen-bond donors (Lipinski definition) is 3. The molecule has 2 heterocycles. The lowest BCUT2D eigenvalue weighted by atomic mass is 9.96. The van der Waals surface area contributed by atoms with E-state index in [0.29, 0.717) is 23.4 Å². The van der Waals surface area contributed by atoms with Crippen molar-refractivity contribution in [3.63, 3.8) is 0 Å². The number of hydrogen-bond acceptors (Lipinski definition) is 7. The summed E-state index contributed by atoms with van der Waals surface area (Å²) in [5.74, 6) is 1.16. The Morgan fingerprint density at radius 2 is 2.00 bits per heavy atom. The van der Waals surface area contributed by atoms with Gasteiger partial charge in [-0.1, -0.05) is 24.3 Å². The number of ether oxygens (including phenoxy) is 1. The minimum Gasteiger partial charge on any atom is -0.381 e. The zero-order chi connectivity index (χ0) is 19.9. The summed E-state index contributed by atoms with van der Waals surface area (Å²) < 4.78 is 5.39. The van der Waals surface area contributed by atoms with Crippen LogP contribution in [-0.4, -0.2) is 42.1 Å². The molecule has 0 unspecified atom stereocenters. The molecule has 1 saturated heterocycles. The number of aromatic nitrogens is 2. The topological polar surface area (TPSA) is 88.2 Å². The van der Waals surface area contributed by atoms with Crippen molar-refractivity contribution >= 4 is 29.2 Å². The number of nitrogens with one attached hydrogen (secondary N) is 3. The van der Waals surface area contributed by atoms with E-state index in [1.54, 1.807) is 20.2 Å². The number of nitrogens with zero attached hydrogens (tertiary/aromatic N) is 2. The predicted molar refractivity (Wildman–Crippen MR) is 112 cm³/mol. The van der Waals surface area contributed by atoms with Crippen LogP contribution in [0.1, 0.15) is 36.5 Å². The van der Waals surface area contributed by atoms with Crippen LogP contribution in [0.2, 0.25) is 0 Å². The molecule has 0 amide bonds. The van der Waals surface area contributed by atoms with Gasteiger partial charge in [-0.2, -0.15) is 4.98 Å². The second kappa shape index (κ2) is 9.43. The molecule has 148 valence electrons. The highest BCUT2D eigenvalue weighted by Gasteiger charge is 2.16. The Hall–Kier alpha value is -2.77. The van der Waals surface area contributed by atoms with E-state index in [2.05, 4.69) is 26.1 Å². The van der Waals surface area contributed by atoms with Gasteiger partial charge in [-0.25, -0.2) is 10.4 Å². The van der Waals surface area contributed by atoms with Gasteiger partial charge in [-0.15, -0.1) is 0 Å². The molecule has 1 aliphatic heterocycles. The van der Waals surface area contributed by atoms with Crippen LogP contribution in [0.15, 0.2) is 30.5 Å².